The van der Waals surface area contributed by atoms with Crippen molar-refractivity contribution in [2.75, 3.05) is 19.8 Å². The van der Waals surface area contributed by atoms with E-state index >= 15 is 0 Å². The maximum absolute atomic E-state index is 5.38. The van der Waals surface area contributed by atoms with Crippen LogP contribution in [0.3, 0.4) is 0 Å². The highest BCUT2D eigenvalue weighted by atomic mass is 16.5. The fraction of sp³-hybridized carbons (Fsp3) is 0.438. The predicted octanol–water partition coefficient (Wildman–Crippen LogP) is 2.39. The van der Waals surface area contributed by atoms with Gasteiger partial charge in [0.05, 0.1) is 5.69 Å². The van der Waals surface area contributed by atoms with Gasteiger partial charge in [-0.05, 0) is 49.1 Å². The van der Waals surface area contributed by atoms with Crippen LogP contribution in [0.5, 0.6) is 0 Å². The molecule has 1 N–H and O–H groups in total. The molecule has 0 aliphatic carbocycles. The van der Waals surface area contributed by atoms with Gasteiger partial charge in [-0.2, -0.15) is 5.10 Å². The lowest BCUT2D eigenvalue weighted by Crippen LogP contribution is -2.18. The zero-order valence-electron chi connectivity index (χ0n) is 11.7. The van der Waals surface area contributed by atoms with Crippen molar-refractivity contribution in [2.45, 2.75) is 19.4 Å². The summed E-state index contributed by atoms with van der Waals surface area (Å²) in [5.41, 5.74) is 2.41. The number of hydrogen-bond donors (Lipinski definition) is 1. The number of nitrogens with zero attached hydrogens (tertiary/aromatic N) is 2. The molecular formula is C16H21N3O. The van der Waals surface area contributed by atoms with Gasteiger partial charge in [-0.1, -0.05) is 12.1 Å². The third-order valence-corrected chi connectivity index (χ3v) is 3.79. The van der Waals surface area contributed by atoms with E-state index in [4.69, 9.17) is 4.74 Å². The first-order valence-corrected chi connectivity index (χ1v) is 7.29. The molecule has 0 radical (unpaired) electrons. The minimum Gasteiger partial charge on any atom is -0.381 e. The van der Waals surface area contributed by atoms with E-state index in [9.17, 15) is 0 Å². The molecule has 4 nitrogen and oxygen atoms in total. The maximum Gasteiger partial charge on any atom is 0.0645 e. The molecule has 2 heterocycles. The van der Waals surface area contributed by atoms with Crippen LogP contribution in [0.2, 0.25) is 0 Å². The Hall–Kier alpha value is -1.65. The molecule has 0 bridgehead atoms. The van der Waals surface area contributed by atoms with Gasteiger partial charge in [-0.15, -0.1) is 0 Å². The summed E-state index contributed by atoms with van der Waals surface area (Å²) < 4.78 is 7.26. The van der Waals surface area contributed by atoms with Crippen molar-refractivity contribution in [3.63, 3.8) is 0 Å². The summed E-state index contributed by atoms with van der Waals surface area (Å²) in [6.07, 6.45) is 6.19. The molecule has 0 amide bonds. The van der Waals surface area contributed by atoms with Crippen LogP contribution in [0.15, 0.2) is 42.7 Å². The first-order chi connectivity index (χ1) is 9.92. The second-order valence-corrected chi connectivity index (χ2v) is 5.31. The van der Waals surface area contributed by atoms with E-state index < -0.39 is 0 Å². The Kier molecular flexibility index (Phi) is 4.46. The van der Waals surface area contributed by atoms with E-state index in [0.717, 1.165) is 37.9 Å². The van der Waals surface area contributed by atoms with Gasteiger partial charge in [0.2, 0.25) is 0 Å². The monoisotopic (exact) mass is 271 g/mol. The van der Waals surface area contributed by atoms with Crippen molar-refractivity contribution in [3.8, 4) is 5.69 Å². The Morgan fingerprint density at radius 3 is 2.90 bits per heavy atom. The van der Waals surface area contributed by atoms with Crippen molar-refractivity contribution < 1.29 is 4.74 Å². The summed E-state index contributed by atoms with van der Waals surface area (Å²) in [4.78, 5) is 0. The van der Waals surface area contributed by atoms with Crippen LogP contribution >= 0.6 is 0 Å². The van der Waals surface area contributed by atoms with Crippen LogP contribution in [0.1, 0.15) is 18.4 Å². The Morgan fingerprint density at radius 2 is 2.20 bits per heavy atom. The quantitative estimate of drug-likeness (QED) is 0.820. The number of nitrogens with one attached hydrogen (secondary N) is 1. The van der Waals surface area contributed by atoms with Gasteiger partial charge in [0.15, 0.2) is 0 Å². The molecule has 1 aromatic carbocycles. The Morgan fingerprint density at radius 1 is 1.30 bits per heavy atom. The van der Waals surface area contributed by atoms with Crippen molar-refractivity contribution in [1.82, 2.24) is 15.1 Å². The second-order valence-electron chi connectivity index (χ2n) is 5.31. The summed E-state index contributed by atoms with van der Waals surface area (Å²) in [6.45, 7) is 3.88. The van der Waals surface area contributed by atoms with Crippen LogP contribution in [0.4, 0.5) is 0 Å². The van der Waals surface area contributed by atoms with Gasteiger partial charge in [0.25, 0.3) is 0 Å². The summed E-state index contributed by atoms with van der Waals surface area (Å²) in [5.74, 6) is 0.754. The molecule has 20 heavy (non-hydrogen) atoms. The summed E-state index contributed by atoms with van der Waals surface area (Å²) in [5, 5.41) is 7.73. The Labute approximate surface area is 119 Å². The molecule has 0 spiro atoms. The average Bonchev–Trinajstić information content (AvgIpc) is 3.17. The lowest BCUT2D eigenvalue weighted by atomic mass is 10.1. The van der Waals surface area contributed by atoms with E-state index in [-0.39, 0.29) is 0 Å². The van der Waals surface area contributed by atoms with Gasteiger partial charge in [-0.3, -0.25) is 0 Å². The topological polar surface area (TPSA) is 39.1 Å². The zero-order valence-corrected chi connectivity index (χ0v) is 11.7. The molecule has 3 rings (SSSR count). The van der Waals surface area contributed by atoms with Crippen LogP contribution in [-0.2, 0) is 11.3 Å². The first kappa shape index (κ1) is 13.3. The van der Waals surface area contributed by atoms with E-state index in [1.165, 1.54) is 18.4 Å². The third kappa shape index (κ3) is 3.46. The molecule has 1 saturated heterocycles. The first-order valence-electron chi connectivity index (χ1n) is 7.29. The fourth-order valence-corrected chi connectivity index (χ4v) is 2.54. The maximum atomic E-state index is 5.38. The molecule has 106 valence electrons. The molecule has 1 aliphatic rings. The normalized spacial score (nSPS) is 18.5. The number of hydrogen-bond acceptors (Lipinski definition) is 3. The van der Waals surface area contributed by atoms with Crippen molar-refractivity contribution >= 4 is 0 Å². The highest BCUT2D eigenvalue weighted by molar-refractivity contribution is 5.33. The standard InChI is InChI=1S/C16H21N3O/c1-8-18-19(10-1)16-4-2-14(3-5-16)12-17-9-6-15-7-11-20-13-15/h1-5,8,10,15,17H,6-7,9,11-13H2. The number of aromatic nitrogens is 2. The molecule has 1 aliphatic heterocycles. The second kappa shape index (κ2) is 6.68. The SMILES string of the molecule is c1cnn(-c2ccc(CNCCC3CCOC3)cc2)c1. The molecule has 0 saturated carbocycles. The van der Waals surface area contributed by atoms with E-state index in [0.29, 0.717) is 0 Å². The highest BCUT2D eigenvalue weighted by Crippen LogP contribution is 2.15. The molecular weight excluding hydrogens is 250 g/mol. The summed E-state index contributed by atoms with van der Waals surface area (Å²) in [7, 11) is 0. The van der Waals surface area contributed by atoms with Crippen LogP contribution < -0.4 is 5.32 Å². The molecule has 1 aromatic heterocycles. The predicted molar refractivity (Wildman–Crippen MR) is 78.8 cm³/mol. The Bertz CT molecular complexity index is 501. The zero-order chi connectivity index (χ0) is 13.6. The average molecular weight is 271 g/mol. The lowest BCUT2D eigenvalue weighted by molar-refractivity contribution is 0.184. The molecule has 1 fully saturated rings. The van der Waals surface area contributed by atoms with E-state index in [1.807, 2.05) is 16.9 Å². The molecule has 1 unspecified atom stereocenters. The Balaban J connectivity index is 1.43. The molecule has 2 aromatic rings. The largest absolute Gasteiger partial charge is 0.381 e. The van der Waals surface area contributed by atoms with Crippen molar-refractivity contribution in [1.29, 1.82) is 0 Å². The van der Waals surface area contributed by atoms with E-state index in [1.54, 1.807) is 6.20 Å². The van der Waals surface area contributed by atoms with E-state index in [2.05, 4.69) is 34.7 Å². The van der Waals surface area contributed by atoms with Gasteiger partial charge >= 0.3 is 0 Å². The molecule has 1 atom stereocenters. The van der Waals surface area contributed by atoms with Crippen molar-refractivity contribution in [3.05, 3.63) is 48.3 Å². The third-order valence-electron chi connectivity index (χ3n) is 3.79. The minimum atomic E-state index is 0.754. The van der Waals surface area contributed by atoms with Crippen molar-refractivity contribution in [2.24, 2.45) is 5.92 Å². The van der Waals surface area contributed by atoms with Gasteiger partial charge in [0, 0.05) is 32.2 Å². The van der Waals surface area contributed by atoms with Crippen LogP contribution in [-0.4, -0.2) is 29.5 Å². The fourth-order valence-electron chi connectivity index (χ4n) is 2.54. The number of rotatable bonds is 6. The molecule has 4 heteroatoms. The number of benzene rings is 1. The van der Waals surface area contributed by atoms with Crippen LogP contribution in [0, 0.1) is 5.92 Å². The van der Waals surface area contributed by atoms with Gasteiger partial charge < -0.3 is 10.1 Å². The smallest absolute Gasteiger partial charge is 0.0645 e. The highest BCUT2D eigenvalue weighted by Gasteiger charge is 2.14. The summed E-state index contributed by atoms with van der Waals surface area (Å²) in [6, 6.07) is 10.5. The van der Waals surface area contributed by atoms with Gasteiger partial charge in [0.1, 0.15) is 0 Å². The lowest BCUT2D eigenvalue weighted by Gasteiger charge is -2.09. The summed E-state index contributed by atoms with van der Waals surface area (Å²) >= 11 is 0. The number of ether oxygens (including phenoxy) is 1. The van der Waals surface area contributed by atoms with Crippen LogP contribution in [0.25, 0.3) is 5.69 Å². The van der Waals surface area contributed by atoms with Gasteiger partial charge in [-0.25, -0.2) is 4.68 Å². The minimum absolute atomic E-state index is 0.754.